The molecule has 2 aromatic rings. The van der Waals surface area contributed by atoms with Crippen molar-refractivity contribution in [2.75, 3.05) is 20.8 Å². The van der Waals surface area contributed by atoms with Crippen LogP contribution in [0.2, 0.25) is 0 Å². The van der Waals surface area contributed by atoms with E-state index in [4.69, 9.17) is 14.2 Å². The molecule has 0 fully saturated rings. The lowest BCUT2D eigenvalue weighted by Crippen LogP contribution is -2.37. The highest BCUT2D eigenvalue weighted by Gasteiger charge is 2.17. The highest BCUT2D eigenvalue weighted by Crippen LogP contribution is 2.29. The number of aryl methyl sites for hydroxylation is 1. The first-order valence-electron chi connectivity index (χ1n) is 9.81. The topological polar surface area (TPSA) is 56.8 Å². The smallest absolute Gasteiger partial charge is 0.249 e. The van der Waals surface area contributed by atoms with Gasteiger partial charge in [0, 0.05) is 13.7 Å². The second kappa shape index (κ2) is 11.4. The lowest BCUT2D eigenvalue weighted by molar-refractivity contribution is -0.131. The van der Waals surface area contributed by atoms with E-state index in [-0.39, 0.29) is 17.8 Å². The predicted octanol–water partition coefficient (Wildman–Crippen LogP) is 3.93. The third-order valence-corrected chi connectivity index (χ3v) is 4.49. The number of hydrogen-bond donors (Lipinski definition) is 1. The maximum absolute atomic E-state index is 13.0. The molecular formula is C23H30FNO4. The Hall–Kier alpha value is -2.60. The number of nitrogens with one attached hydrogen (secondary N) is 1. The van der Waals surface area contributed by atoms with Crippen LogP contribution in [0.15, 0.2) is 42.5 Å². The molecule has 0 radical (unpaired) electrons. The molecule has 0 unspecified atom stereocenters. The van der Waals surface area contributed by atoms with Crippen LogP contribution in [0.3, 0.4) is 0 Å². The van der Waals surface area contributed by atoms with Crippen molar-refractivity contribution in [2.45, 2.75) is 45.3 Å². The van der Waals surface area contributed by atoms with Crippen LogP contribution in [0.4, 0.5) is 4.39 Å². The van der Waals surface area contributed by atoms with E-state index in [1.807, 2.05) is 32.0 Å². The summed E-state index contributed by atoms with van der Waals surface area (Å²) in [6, 6.07) is 12.1. The van der Waals surface area contributed by atoms with Gasteiger partial charge in [0.15, 0.2) is 11.5 Å². The van der Waals surface area contributed by atoms with Gasteiger partial charge in [-0.25, -0.2) is 4.39 Å². The monoisotopic (exact) mass is 403 g/mol. The number of amides is 1. The molecule has 2 rings (SSSR count). The number of ether oxygens (including phenoxy) is 3. The molecule has 0 aliphatic heterocycles. The molecule has 0 heterocycles. The van der Waals surface area contributed by atoms with Gasteiger partial charge in [-0.05, 0) is 68.5 Å². The summed E-state index contributed by atoms with van der Waals surface area (Å²) < 4.78 is 29.4. The molecule has 0 aromatic heterocycles. The number of methoxy groups -OCH3 is 2. The van der Waals surface area contributed by atoms with E-state index in [1.165, 1.54) is 19.2 Å². The van der Waals surface area contributed by atoms with E-state index in [0.717, 1.165) is 11.1 Å². The molecule has 0 aliphatic rings. The number of carbonyl (C=O) groups is 1. The van der Waals surface area contributed by atoms with Gasteiger partial charge in [-0.1, -0.05) is 18.2 Å². The summed E-state index contributed by atoms with van der Waals surface area (Å²) in [5.74, 6) is 0.962. The fraction of sp³-hybridized carbons (Fsp3) is 0.435. The molecule has 5 nitrogen and oxygen atoms in total. The molecule has 0 bridgehead atoms. The van der Waals surface area contributed by atoms with Crippen molar-refractivity contribution in [1.29, 1.82) is 0 Å². The van der Waals surface area contributed by atoms with E-state index >= 15 is 0 Å². The molecule has 1 amide bonds. The van der Waals surface area contributed by atoms with Crippen molar-refractivity contribution in [3.05, 3.63) is 59.4 Å². The molecule has 0 aliphatic carbocycles. The van der Waals surface area contributed by atoms with Gasteiger partial charge in [0.1, 0.15) is 11.9 Å². The Kier molecular flexibility index (Phi) is 8.93. The first-order chi connectivity index (χ1) is 13.9. The molecule has 6 heteroatoms. The largest absolute Gasteiger partial charge is 0.493 e. The summed E-state index contributed by atoms with van der Waals surface area (Å²) in [7, 11) is 3.13. The summed E-state index contributed by atoms with van der Waals surface area (Å²) >= 11 is 0. The summed E-state index contributed by atoms with van der Waals surface area (Å²) in [6.07, 6.45) is 1.36. The average molecular weight is 403 g/mol. The van der Waals surface area contributed by atoms with Gasteiger partial charge in [0.05, 0.1) is 13.2 Å². The molecule has 2 aromatic carbocycles. The molecule has 0 spiro atoms. The third-order valence-electron chi connectivity index (χ3n) is 4.49. The second-order valence-corrected chi connectivity index (χ2v) is 7.08. The zero-order valence-electron chi connectivity index (χ0n) is 17.5. The average Bonchev–Trinajstić information content (AvgIpc) is 2.70. The summed E-state index contributed by atoms with van der Waals surface area (Å²) in [5, 5.41) is 2.92. The summed E-state index contributed by atoms with van der Waals surface area (Å²) in [4.78, 5) is 12.4. The highest BCUT2D eigenvalue weighted by atomic mass is 19.1. The minimum Gasteiger partial charge on any atom is -0.493 e. The summed E-state index contributed by atoms with van der Waals surface area (Å²) in [5.41, 5.74) is 2.01. The van der Waals surface area contributed by atoms with Crippen LogP contribution >= 0.6 is 0 Å². The fourth-order valence-electron chi connectivity index (χ4n) is 2.97. The van der Waals surface area contributed by atoms with Crippen molar-refractivity contribution >= 4 is 5.91 Å². The van der Waals surface area contributed by atoms with Crippen LogP contribution in [-0.2, 0) is 22.4 Å². The maximum Gasteiger partial charge on any atom is 0.249 e. The Morgan fingerprint density at radius 3 is 2.31 bits per heavy atom. The van der Waals surface area contributed by atoms with Gasteiger partial charge in [0.25, 0.3) is 0 Å². The highest BCUT2D eigenvalue weighted by molar-refractivity contribution is 5.80. The lowest BCUT2D eigenvalue weighted by atomic mass is 10.1. The van der Waals surface area contributed by atoms with Crippen molar-refractivity contribution < 1.29 is 23.4 Å². The maximum atomic E-state index is 13.0. The van der Waals surface area contributed by atoms with E-state index in [1.54, 1.807) is 19.2 Å². The normalized spacial score (nSPS) is 11.9. The summed E-state index contributed by atoms with van der Waals surface area (Å²) in [6.45, 7) is 4.42. The molecule has 158 valence electrons. The van der Waals surface area contributed by atoms with Crippen LogP contribution in [-0.4, -0.2) is 38.9 Å². The third kappa shape index (κ3) is 7.38. The van der Waals surface area contributed by atoms with Crippen LogP contribution < -0.4 is 14.8 Å². The van der Waals surface area contributed by atoms with Crippen LogP contribution in [0.1, 0.15) is 31.4 Å². The fourth-order valence-corrected chi connectivity index (χ4v) is 2.97. The van der Waals surface area contributed by atoms with Crippen molar-refractivity contribution in [3.8, 4) is 11.5 Å². The Morgan fingerprint density at radius 2 is 1.69 bits per heavy atom. The van der Waals surface area contributed by atoms with E-state index in [0.29, 0.717) is 37.3 Å². The number of halogens is 1. The number of rotatable bonds is 11. The molecule has 29 heavy (non-hydrogen) atoms. The Bertz CT molecular complexity index is 777. The predicted molar refractivity (Wildman–Crippen MR) is 111 cm³/mol. The molecule has 0 saturated carbocycles. The number of hydrogen-bond acceptors (Lipinski definition) is 4. The first-order valence-corrected chi connectivity index (χ1v) is 9.81. The minimum atomic E-state index is -0.545. The number of benzene rings is 2. The zero-order chi connectivity index (χ0) is 21.2. The number of carbonyl (C=O) groups excluding carboxylic acids is 1. The zero-order valence-corrected chi connectivity index (χ0v) is 17.5. The van der Waals surface area contributed by atoms with Gasteiger partial charge in [-0.15, -0.1) is 0 Å². The van der Waals surface area contributed by atoms with Crippen molar-refractivity contribution in [1.82, 2.24) is 5.32 Å². The molecule has 0 saturated heterocycles. The first kappa shape index (κ1) is 22.7. The molecule has 1 N–H and O–H groups in total. The van der Waals surface area contributed by atoms with Crippen LogP contribution in [0, 0.1) is 5.82 Å². The molecule has 1 atom stereocenters. The Balaban J connectivity index is 1.83. The van der Waals surface area contributed by atoms with Gasteiger partial charge < -0.3 is 19.5 Å². The molecular weight excluding hydrogens is 373 g/mol. The van der Waals surface area contributed by atoms with Crippen molar-refractivity contribution in [2.24, 2.45) is 0 Å². The van der Waals surface area contributed by atoms with Crippen molar-refractivity contribution in [3.63, 3.8) is 0 Å². The SMILES string of the molecule is COc1cc(CCNC(=O)[C@H](CCc2ccc(F)cc2)OC)ccc1OC(C)C. The van der Waals surface area contributed by atoms with Gasteiger partial charge in [0.2, 0.25) is 5.91 Å². The Labute approximate surface area is 172 Å². The van der Waals surface area contributed by atoms with Crippen LogP contribution in [0.25, 0.3) is 0 Å². The quantitative estimate of drug-likeness (QED) is 0.618. The van der Waals surface area contributed by atoms with E-state index in [2.05, 4.69) is 5.32 Å². The Morgan fingerprint density at radius 1 is 1.00 bits per heavy atom. The van der Waals surface area contributed by atoms with Crippen LogP contribution in [0.5, 0.6) is 11.5 Å². The van der Waals surface area contributed by atoms with E-state index in [9.17, 15) is 9.18 Å². The minimum absolute atomic E-state index is 0.0647. The standard InChI is InChI=1S/C23H30FNO4/c1-16(2)29-20-11-8-18(15-22(20)28-4)13-14-25-23(26)21(27-3)12-7-17-5-9-19(24)10-6-17/h5-6,8-11,15-16,21H,7,12-14H2,1-4H3,(H,25,26)/t21-/m0/s1. The second-order valence-electron chi connectivity index (χ2n) is 7.08. The van der Waals surface area contributed by atoms with Gasteiger partial charge >= 0.3 is 0 Å². The lowest BCUT2D eigenvalue weighted by Gasteiger charge is -2.16. The van der Waals surface area contributed by atoms with E-state index < -0.39 is 6.10 Å². The van der Waals surface area contributed by atoms with Gasteiger partial charge in [-0.2, -0.15) is 0 Å². The van der Waals surface area contributed by atoms with Gasteiger partial charge in [-0.3, -0.25) is 4.79 Å².